The third-order valence-electron chi connectivity index (χ3n) is 5.49. The van der Waals surface area contributed by atoms with Crippen LogP contribution < -0.4 is 10.1 Å². The first-order valence-electron chi connectivity index (χ1n) is 9.41. The van der Waals surface area contributed by atoms with E-state index >= 15 is 0 Å². The van der Waals surface area contributed by atoms with Crippen LogP contribution in [-0.2, 0) is 19.1 Å². The maximum atomic E-state index is 12.7. The number of nitrogens with zero attached hydrogens (tertiary/aromatic N) is 1. The summed E-state index contributed by atoms with van der Waals surface area (Å²) in [6, 6.07) is 11.5. The first-order valence-corrected chi connectivity index (χ1v) is 9.41. The number of piperidine rings is 1. The van der Waals surface area contributed by atoms with Gasteiger partial charge in [0, 0.05) is 24.7 Å². The molecule has 28 heavy (non-hydrogen) atoms. The molecule has 2 aliphatic heterocycles. The molecule has 0 aromatic heterocycles. The molecule has 152 valence electrons. The second-order valence-corrected chi connectivity index (χ2v) is 7.22. The van der Waals surface area contributed by atoms with Gasteiger partial charge in [-0.2, -0.15) is 13.2 Å². The van der Waals surface area contributed by atoms with E-state index in [1.54, 1.807) is 0 Å². The first kappa shape index (κ1) is 21.0. The summed E-state index contributed by atoms with van der Waals surface area (Å²) in [7, 11) is 0. The lowest BCUT2D eigenvalue weighted by Gasteiger charge is -2.38. The summed E-state index contributed by atoms with van der Waals surface area (Å²) < 4.78 is 44.1. The fourth-order valence-electron chi connectivity index (χ4n) is 4.01. The number of nitrogens with one attached hydrogen (secondary N) is 1. The number of alkyl halides is 3. The van der Waals surface area contributed by atoms with Crippen molar-refractivity contribution in [2.45, 2.75) is 38.0 Å². The maximum Gasteiger partial charge on any atom is 0.416 e. The second-order valence-electron chi connectivity index (χ2n) is 7.22. The van der Waals surface area contributed by atoms with Crippen LogP contribution in [-0.4, -0.2) is 30.6 Å². The smallest absolute Gasteiger partial charge is 0.416 e. The van der Waals surface area contributed by atoms with Crippen LogP contribution in [0, 0.1) is 0 Å². The molecule has 1 N–H and O–H groups in total. The molecular weight excluding hydrogens is 389 g/mol. The molecule has 0 saturated carbocycles. The molecule has 7 heteroatoms. The normalized spacial score (nSPS) is 18.2. The van der Waals surface area contributed by atoms with Gasteiger partial charge in [0.15, 0.2) is 0 Å². The molecule has 3 nitrogen and oxygen atoms in total. The first-order chi connectivity index (χ1) is 13.0. The molecule has 0 bridgehead atoms. The fraction of sp³-hybridized carbons (Fsp3) is 0.429. The van der Waals surface area contributed by atoms with E-state index in [0.717, 1.165) is 50.5 Å². The number of ether oxygens (including phenoxy) is 1. The lowest BCUT2D eigenvalue weighted by molar-refractivity contribution is -0.137. The Hall–Kier alpha value is -1.76. The number of hydrogen-bond acceptors (Lipinski definition) is 3. The zero-order valence-electron chi connectivity index (χ0n) is 15.5. The van der Waals surface area contributed by atoms with Gasteiger partial charge in [-0.05, 0) is 68.2 Å². The summed E-state index contributed by atoms with van der Waals surface area (Å²) in [5, 5.41) is 3.41. The Balaban J connectivity index is 0.00000225. The minimum Gasteiger partial charge on any atom is -0.457 e. The van der Waals surface area contributed by atoms with Crippen LogP contribution in [0.3, 0.4) is 0 Å². The average Bonchev–Trinajstić information content (AvgIpc) is 2.68. The van der Waals surface area contributed by atoms with Crippen molar-refractivity contribution in [2.24, 2.45) is 0 Å². The van der Waals surface area contributed by atoms with Crippen molar-refractivity contribution in [3.63, 3.8) is 0 Å². The van der Waals surface area contributed by atoms with Crippen LogP contribution in [0.15, 0.2) is 42.5 Å². The third kappa shape index (κ3) is 4.62. The molecular formula is C21H24ClF3N2O. The Kier molecular flexibility index (Phi) is 6.53. The number of rotatable bonds is 3. The molecule has 2 aromatic rings. The quantitative estimate of drug-likeness (QED) is 0.765. The maximum absolute atomic E-state index is 12.7. The predicted molar refractivity (Wildman–Crippen MR) is 105 cm³/mol. The van der Waals surface area contributed by atoms with E-state index in [2.05, 4.69) is 16.3 Å². The van der Waals surface area contributed by atoms with E-state index in [4.69, 9.17) is 4.74 Å². The van der Waals surface area contributed by atoms with E-state index in [1.807, 2.05) is 12.1 Å². The van der Waals surface area contributed by atoms with E-state index in [0.29, 0.717) is 11.8 Å². The average molecular weight is 413 g/mol. The monoisotopic (exact) mass is 412 g/mol. The van der Waals surface area contributed by atoms with Crippen LogP contribution in [0.4, 0.5) is 13.2 Å². The van der Waals surface area contributed by atoms with Gasteiger partial charge in [0.25, 0.3) is 0 Å². The van der Waals surface area contributed by atoms with Crippen molar-refractivity contribution in [3.05, 3.63) is 59.2 Å². The molecule has 2 heterocycles. The molecule has 0 atom stereocenters. The highest BCUT2D eigenvalue weighted by Crippen LogP contribution is 2.35. The summed E-state index contributed by atoms with van der Waals surface area (Å²) in [4.78, 5) is 2.55. The zero-order valence-corrected chi connectivity index (χ0v) is 16.3. The van der Waals surface area contributed by atoms with Gasteiger partial charge in [0.05, 0.1) is 5.56 Å². The molecule has 0 aliphatic carbocycles. The fourth-order valence-corrected chi connectivity index (χ4v) is 4.01. The Morgan fingerprint density at radius 3 is 2.39 bits per heavy atom. The molecule has 0 unspecified atom stereocenters. The lowest BCUT2D eigenvalue weighted by Crippen LogP contribution is -2.45. The number of hydrogen-bond donors (Lipinski definition) is 1. The minimum absolute atomic E-state index is 0. The van der Waals surface area contributed by atoms with E-state index in [-0.39, 0.29) is 12.4 Å². The van der Waals surface area contributed by atoms with Gasteiger partial charge in [0.2, 0.25) is 0 Å². The van der Waals surface area contributed by atoms with Crippen molar-refractivity contribution in [1.29, 1.82) is 0 Å². The van der Waals surface area contributed by atoms with Crippen molar-refractivity contribution < 1.29 is 17.9 Å². The Morgan fingerprint density at radius 2 is 1.71 bits per heavy atom. The molecule has 2 aromatic carbocycles. The van der Waals surface area contributed by atoms with Gasteiger partial charge in [-0.15, -0.1) is 12.4 Å². The SMILES string of the molecule is Cl.FC(F)(F)c1ccc(Oc2cccc3c2CCN(C2CCNCC2)C3)cc1. The molecule has 0 spiro atoms. The van der Waals surface area contributed by atoms with Crippen LogP contribution in [0.25, 0.3) is 0 Å². The van der Waals surface area contributed by atoms with Gasteiger partial charge >= 0.3 is 6.18 Å². The number of fused-ring (bicyclic) bond motifs is 1. The van der Waals surface area contributed by atoms with Crippen LogP contribution >= 0.6 is 12.4 Å². The Morgan fingerprint density at radius 1 is 1.00 bits per heavy atom. The molecule has 1 fully saturated rings. The summed E-state index contributed by atoms with van der Waals surface area (Å²) in [6.45, 7) is 4.05. The van der Waals surface area contributed by atoms with Gasteiger partial charge in [-0.3, -0.25) is 4.90 Å². The van der Waals surface area contributed by atoms with Gasteiger partial charge in [-0.25, -0.2) is 0 Å². The van der Waals surface area contributed by atoms with E-state index < -0.39 is 11.7 Å². The third-order valence-corrected chi connectivity index (χ3v) is 5.49. The molecule has 2 aliphatic rings. The lowest BCUT2D eigenvalue weighted by atomic mass is 9.95. The van der Waals surface area contributed by atoms with Crippen LogP contribution in [0.5, 0.6) is 11.5 Å². The predicted octanol–water partition coefficient (Wildman–Crippen LogP) is 5.03. The molecule has 0 radical (unpaired) electrons. The minimum atomic E-state index is -4.33. The largest absolute Gasteiger partial charge is 0.457 e. The van der Waals surface area contributed by atoms with E-state index in [9.17, 15) is 13.2 Å². The standard InChI is InChI=1S/C21H23F3N2O.ClH/c22-21(23,24)16-4-6-18(7-5-16)27-20-3-1-2-15-14-26(13-10-19(15)20)17-8-11-25-12-9-17;/h1-7,17,25H,8-14H2;1H. The zero-order chi connectivity index (χ0) is 18.9. The highest BCUT2D eigenvalue weighted by molar-refractivity contribution is 5.85. The van der Waals surface area contributed by atoms with Gasteiger partial charge < -0.3 is 10.1 Å². The summed E-state index contributed by atoms with van der Waals surface area (Å²) in [5.41, 5.74) is 1.76. The van der Waals surface area contributed by atoms with Crippen molar-refractivity contribution in [1.82, 2.24) is 10.2 Å². The van der Waals surface area contributed by atoms with Crippen molar-refractivity contribution in [2.75, 3.05) is 19.6 Å². The summed E-state index contributed by atoms with van der Waals surface area (Å²) >= 11 is 0. The summed E-state index contributed by atoms with van der Waals surface area (Å²) in [5.74, 6) is 1.18. The Bertz CT molecular complexity index is 789. The van der Waals surface area contributed by atoms with Crippen LogP contribution in [0.2, 0.25) is 0 Å². The highest BCUT2D eigenvalue weighted by Gasteiger charge is 2.30. The summed E-state index contributed by atoms with van der Waals surface area (Å²) in [6.07, 6.45) is -1.08. The molecule has 0 amide bonds. The highest BCUT2D eigenvalue weighted by atomic mass is 35.5. The van der Waals surface area contributed by atoms with Gasteiger partial charge in [0.1, 0.15) is 11.5 Å². The van der Waals surface area contributed by atoms with Crippen molar-refractivity contribution >= 4 is 12.4 Å². The Labute approximate surface area is 169 Å². The topological polar surface area (TPSA) is 24.5 Å². The second kappa shape index (κ2) is 8.72. The number of benzene rings is 2. The molecule has 1 saturated heterocycles. The van der Waals surface area contributed by atoms with Crippen molar-refractivity contribution in [3.8, 4) is 11.5 Å². The van der Waals surface area contributed by atoms with Gasteiger partial charge in [-0.1, -0.05) is 12.1 Å². The van der Waals surface area contributed by atoms with Crippen LogP contribution in [0.1, 0.15) is 29.5 Å². The molecule has 4 rings (SSSR count). The number of halogens is 4. The van der Waals surface area contributed by atoms with E-state index in [1.165, 1.54) is 36.1 Å².